The first-order valence-electron chi connectivity index (χ1n) is 4.84. The number of fused-ring (bicyclic) bond motifs is 2. The number of amides is 1. The highest BCUT2D eigenvalue weighted by Gasteiger charge is 2.69. The van der Waals surface area contributed by atoms with Crippen molar-refractivity contribution in [2.75, 3.05) is 0 Å². The second kappa shape index (κ2) is 2.60. The summed E-state index contributed by atoms with van der Waals surface area (Å²) in [4.78, 5) is 23.5. The highest BCUT2D eigenvalue weighted by atomic mass is 79.9. The second-order valence-corrected chi connectivity index (χ2v) is 5.92. The van der Waals surface area contributed by atoms with Gasteiger partial charge in [0.25, 0.3) is 0 Å². The monoisotopic (exact) mass is 259 g/mol. The maximum atomic E-state index is 12.1. The fraction of sp³-hybridized carbons (Fsp3) is 0.800. The number of rotatable bonds is 1. The van der Waals surface area contributed by atoms with Gasteiger partial charge in [0.2, 0.25) is 5.91 Å². The molecule has 2 aliphatic rings. The number of Topliss-reactive ketones (excluding diaryl/α,β-unsaturated/α-hetero) is 1. The van der Waals surface area contributed by atoms with Gasteiger partial charge in [-0.05, 0) is 18.8 Å². The lowest BCUT2D eigenvalue weighted by molar-refractivity contribution is -0.143. The molecule has 0 saturated heterocycles. The molecule has 2 fully saturated rings. The Morgan fingerprint density at radius 3 is 2.43 bits per heavy atom. The van der Waals surface area contributed by atoms with Crippen LogP contribution in [-0.2, 0) is 9.59 Å². The van der Waals surface area contributed by atoms with Gasteiger partial charge in [0.05, 0.1) is 0 Å². The topological polar surface area (TPSA) is 60.2 Å². The Bertz CT molecular complexity index is 326. The molecule has 0 heterocycles. The van der Waals surface area contributed by atoms with Crippen molar-refractivity contribution in [2.45, 2.75) is 31.5 Å². The quantitative estimate of drug-likeness (QED) is 0.569. The van der Waals surface area contributed by atoms with Crippen molar-refractivity contribution in [3.05, 3.63) is 0 Å². The molecule has 2 N–H and O–H groups in total. The number of hydrogen-bond acceptors (Lipinski definition) is 2. The highest BCUT2D eigenvalue weighted by molar-refractivity contribution is 9.09. The zero-order valence-corrected chi connectivity index (χ0v) is 9.93. The zero-order chi connectivity index (χ0) is 10.7. The van der Waals surface area contributed by atoms with E-state index >= 15 is 0 Å². The van der Waals surface area contributed by atoms with Crippen LogP contribution in [0.5, 0.6) is 0 Å². The van der Waals surface area contributed by atoms with Crippen molar-refractivity contribution in [2.24, 2.45) is 22.5 Å². The van der Waals surface area contributed by atoms with Gasteiger partial charge in [0.1, 0.15) is 5.41 Å². The van der Waals surface area contributed by atoms with Crippen LogP contribution in [0.1, 0.15) is 26.7 Å². The Hall–Kier alpha value is -0.380. The van der Waals surface area contributed by atoms with E-state index in [4.69, 9.17) is 5.73 Å². The second-order valence-electron chi connectivity index (χ2n) is 4.93. The van der Waals surface area contributed by atoms with Gasteiger partial charge in [0, 0.05) is 10.2 Å². The van der Waals surface area contributed by atoms with E-state index in [2.05, 4.69) is 15.9 Å². The average molecular weight is 260 g/mol. The Balaban J connectivity index is 2.55. The molecule has 2 rings (SSSR count). The number of halogens is 1. The van der Waals surface area contributed by atoms with E-state index in [9.17, 15) is 9.59 Å². The summed E-state index contributed by atoms with van der Waals surface area (Å²) in [6.07, 6.45) is 1.53. The fourth-order valence-electron chi connectivity index (χ4n) is 3.09. The first-order chi connectivity index (χ1) is 6.35. The Morgan fingerprint density at radius 2 is 2.14 bits per heavy atom. The molecule has 2 bridgehead atoms. The van der Waals surface area contributed by atoms with Gasteiger partial charge in [-0.3, -0.25) is 9.59 Å². The van der Waals surface area contributed by atoms with Crippen molar-refractivity contribution in [1.82, 2.24) is 0 Å². The summed E-state index contributed by atoms with van der Waals surface area (Å²) in [7, 11) is 0. The number of nitrogens with two attached hydrogens (primary N) is 1. The summed E-state index contributed by atoms with van der Waals surface area (Å²) in [6.45, 7) is 3.83. The van der Waals surface area contributed by atoms with Gasteiger partial charge in [-0.15, -0.1) is 0 Å². The molecule has 0 radical (unpaired) electrons. The van der Waals surface area contributed by atoms with Crippen LogP contribution in [0.15, 0.2) is 0 Å². The third-order valence-corrected chi connectivity index (χ3v) is 5.45. The predicted molar refractivity (Wildman–Crippen MR) is 55.9 cm³/mol. The molecule has 0 aromatic rings. The minimum atomic E-state index is -0.922. The number of hydrogen-bond donors (Lipinski definition) is 1. The van der Waals surface area contributed by atoms with Crippen LogP contribution >= 0.6 is 15.9 Å². The van der Waals surface area contributed by atoms with Crippen molar-refractivity contribution in [3.8, 4) is 0 Å². The van der Waals surface area contributed by atoms with E-state index in [0.29, 0.717) is 6.42 Å². The standard InChI is InChI=1S/C10H14BrNO2/c1-9(2)5-3-4-10(6(5)11,7(9)13)8(12)14/h5-6H,3-4H2,1-2H3,(H2,12,14)/t5-,6-,10-/m1/s1. The number of carbonyl (C=O) groups is 2. The van der Waals surface area contributed by atoms with E-state index in [1.54, 1.807) is 0 Å². The van der Waals surface area contributed by atoms with Crippen LogP contribution in [0, 0.1) is 16.7 Å². The Morgan fingerprint density at radius 1 is 1.57 bits per heavy atom. The van der Waals surface area contributed by atoms with Gasteiger partial charge >= 0.3 is 0 Å². The van der Waals surface area contributed by atoms with Crippen molar-refractivity contribution in [1.29, 1.82) is 0 Å². The molecular weight excluding hydrogens is 246 g/mol. The van der Waals surface area contributed by atoms with Gasteiger partial charge in [-0.2, -0.15) is 0 Å². The lowest BCUT2D eigenvalue weighted by Crippen LogP contribution is -2.47. The van der Waals surface area contributed by atoms with Crippen LogP contribution in [0.4, 0.5) is 0 Å². The Labute approximate surface area is 91.5 Å². The molecule has 0 aromatic heterocycles. The minimum Gasteiger partial charge on any atom is -0.369 e. The molecule has 78 valence electrons. The van der Waals surface area contributed by atoms with Gasteiger partial charge in [0.15, 0.2) is 5.78 Å². The van der Waals surface area contributed by atoms with Gasteiger partial charge in [-0.25, -0.2) is 0 Å². The largest absolute Gasteiger partial charge is 0.369 e. The SMILES string of the molecule is CC1(C)C(=O)[C@@]2(C(N)=O)CC[C@@H]1[C@H]2Br. The van der Waals surface area contributed by atoms with E-state index < -0.39 is 16.7 Å². The summed E-state index contributed by atoms with van der Waals surface area (Å²) >= 11 is 3.48. The number of primary amides is 1. The lowest BCUT2D eigenvalue weighted by atomic mass is 9.70. The predicted octanol–water partition coefficient (Wildman–Crippen LogP) is 1.24. The van der Waals surface area contributed by atoms with E-state index in [1.165, 1.54) is 0 Å². The molecular formula is C10H14BrNO2. The molecule has 0 aromatic carbocycles. The normalized spacial score (nSPS) is 44.4. The van der Waals surface area contributed by atoms with Gasteiger partial charge < -0.3 is 5.73 Å². The third kappa shape index (κ3) is 0.835. The van der Waals surface area contributed by atoms with Crippen LogP contribution in [0.2, 0.25) is 0 Å². The highest BCUT2D eigenvalue weighted by Crippen LogP contribution is 2.62. The smallest absolute Gasteiger partial charge is 0.232 e. The molecule has 2 aliphatic carbocycles. The summed E-state index contributed by atoms with van der Waals surface area (Å²) in [5.41, 5.74) is 4.06. The van der Waals surface area contributed by atoms with Crippen LogP contribution < -0.4 is 5.73 Å². The molecule has 0 aliphatic heterocycles. The van der Waals surface area contributed by atoms with Crippen LogP contribution in [0.3, 0.4) is 0 Å². The Kier molecular flexibility index (Phi) is 1.88. The fourth-order valence-corrected chi connectivity index (χ4v) is 4.68. The van der Waals surface area contributed by atoms with Crippen molar-refractivity contribution < 1.29 is 9.59 Å². The summed E-state index contributed by atoms with van der Waals surface area (Å²) in [5.74, 6) is -0.185. The molecule has 3 nitrogen and oxygen atoms in total. The lowest BCUT2D eigenvalue weighted by Gasteiger charge is -2.31. The minimum absolute atomic E-state index is 0.0237. The zero-order valence-electron chi connectivity index (χ0n) is 8.34. The number of alkyl halides is 1. The van der Waals surface area contributed by atoms with Crippen molar-refractivity contribution >= 4 is 27.6 Å². The first-order valence-corrected chi connectivity index (χ1v) is 5.75. The molecule has 1 amide bonds. The molecule has 2 saturated carbocycles. The molecule has 0 unspecified atom stereocenters. The summed E-state index contributed by atoms with van der Waals surface area (Å²) < 4.78 is 0. The summed E-state index contributed by atoms with van der Waals surface area (Å²) in [5, 5.41) is 0. The molecule has 14 heavy (non-hydrogen) atoms. The maximum absolute atomic E-state index is 12.1. The van der Waals surface area contributed by atoms with Crippen LogP contribution in [-0.4, -0.2) is 16.5 Å². The van der Waals surface area contributed by atoms with Crippen LogP contribution in [0.25, 0.3) is 0 Å². The number of ketones is 1. The van der Waals surface area contributed by atoms with Crippen molar-refractivity contribution in [3.63, 3.8) is 0 Å². The number of carbonyl (C=O) groups excluding carboxylic acids is 2. The molecule has 0 spiro atoms. The third-order valence-electron chi connectivity index (χ3n) is 4.03. The van der Waals surface area contributed by atoms with Gasteiger partial charge in [-0.1, -0.05) is 29.8 Å². The van der Waals surface area contributed by atoms with E-state index in [0.717, 1.165) is 6.42 Å². The first kappa shape index (κ1) is 10.1. The molecule has 4 heteroatoms. The van der Waals surface area contributed by atoms with E-state index in [-0.39, 0.29) is 16.5 Å². The summed E-state index contributed by atoms with van der Waals surface area (Å²) in [6, 6.07) is 0. The van der Waals surface area contributed by atoms with E-state index in [1.807, 2.05) is 13.8 Å². The average Bonchev–Trinajstić information content (AvgIpc) is 2.47. The molecule has 3 atom stereocenters. The maximum Gasteiger partial charge on any atom is 0.232 e.